The second-order valence-corrected chi connectivity index (χ2v) is 9.51. The molecule has 3 aromatic rings. The summed E-state index contributed by atoms with van der Waals surface area (Å²) >= 11 is 0. The number of ketones is 1. The Balaban J connectivity index is 1.54. The van der Waals surface area contributed by atoms with E-state index in [2.05, 4.69) is 16.6 Å². The molecule has 1 aromatic heterocycles. The Morgan fingerprint density at radius 2 is 1.82 bits per heavy atom. The van der Waals surface area contributed by atoms with Crippen LogP contribution in [0.1, 0.15) is 22.9 Å². The summed E-state index contributed by atoms with van der Waals surface area (Å²) in [5.41, 5.74) is 2.65. The molecule has 0 radical (unpaired) electrons. The van der Waals surface area contributed by atoms with Gasteiger partial charge >= 0.3 is 0 Å². The summed E-state index contributed by atoms with van der Waals surface area (Å²) in [5, 5.41) is 16.0. The second-order valence-electron chi connectivity index (χ2n) is 9.51. The van der Waals surface area contributed by atoms with Crippen LogP contribution in [0.5, 0.6) is 5.75 Å². The van der Waals surface area contributed by atoms with Gasteiger partial charge in [-0.2, -0.15) is 5.10 Å². The smallest absolute Gasteiger partial charge is 0.295 e. The summed E-state index contributed by atoms with van der Waals surface area (Å²) in [4.78, 5) is 30.6. The number of Topliss-reactive ketones (excluding diaryl/α,β-unsaturated/α-hetero) is 1. The van der Waals surface area contributed by atoms with Crippen LogP contribution in [0.15, 0.2) is 79.0 Å². The summed E-state index contributed by atoms with van der Waals surface area (Å²) in [6.45, 7) is 9.60. The highest BCUT2D eigenvalue weighted by molar-refractivity contribution is 6.46. The number of rotatable bonds is 9. The summed E-state index contributed by atoms with van der Waals surface area (Å²) in [6, 6.07) is 16.0. The van der Waals surface area contributed by atoms with Crippen molar-refractivity contribution in [1.82, 2.24) is 19.6 Å². The van der Waals surface area contributed by atoms with E-state index in [-0.39, 0.29) is 11.3 Å². The maximum absolute atomic E-state index is 13.5. The first kappa shape index (κ1) is 26.4. The lowest BCUT2D eigenvalue weighted by Crippen LogP contribution is -2.42. The van der Waals surface area contributed by atoms with E-state index in [0.717, 1.165) is 18.8 Å². The molecule has 1 amide bonds. The second kappa shape index (κ2) is 11.7. The van der Waals surface area contributed by atoms with E-state index in [1.54, 1.807) is 27.8 Å². The number of carbonyl (C=O) groups excluding carboxylic acids is 2. The summed E-state index contributed by atoms with van der Waals surface area (Å²) in [7, 11) is 0. The molecule has 9 heteroatoms. The van der Waals surface area contributed by atoms with E-state index in [0.29, 0.717) is 55.5 Å². The fourth-order valence-electron chi connectivity index (χ4n) is 5.05. The number of hydrogen-bond acceptors (Lipinski definition) is 7. The van der Waals surface area contributed by atoms with Gasteiger partial charge in [0.1, 0.15) is 18.1 Å². The van der Waals surface area contributed by atoms with Crippen molar-refractivity contribution in [2.45, 2.75) is 13.0 Å². The molecule has 5 rings (SSSR count). The van der Waals surface area contributed by atoms with Gasteiger partial charge in [-0.15, -0.1) is 0 Å². The van der Waals surface area contributed by atoms with Crippen molar-refractivity contribution in [1.29, 1.82) is 0 Å². The van der Waals surface area contributed by atoms with Crippen molar-refractivity contribution in [3.8, 4) is 11.4 Å². The van der Waals surface area contributed by atoms with Gasteiger partial charge in [0.2, 0.25) is 0 Å². The summed E-state index contributed by atoms with van der Waals surface area (Å²) < 4.78 is 12.8. The third-order valence-corrected chi connectivity index (χ3v) is 7.13. The Morgan fingerprint density at radius 3 is 2.51 bits per heavy atom. The molecule has 0 aliphatic carbocycles. The van der Waals surface area contributed by atoms with Gasteiger partial charge in [-0.3, -0.25) is 14.5 Å². The molecular formula is C30H32N4O5. The van der Waals surface area contributed by atoms with Crippen molar-refractivity contribution >= 4 is 17.4 Å². The topological polar surface area (TPSA) is 97.1 Å². The molecule has 1 unspecified atom stereocenters. The maximum Gasteiger partial charge on any atom is 0.295 e. The van der Waals surface area contributed by atoms with Gasteiger partial charge in [0.15, 0.2) is 0 Å². The predicted molar refractivity (Wildman–Crippen MR) is 147 cm³/mol. The van der Waals surface area contributed by atoms with Crippen molar-refractivity contribution in [3.63, 3.8) is 0 Å². The fourth-order valence-corrected chi connectivity index (χ4v) is 5.05. The largest absolute Gasteiger partial charge is 0.507 e. The number of morpholine rings is 1. The molecule has 3 heterocycles. The van der Waals surface area contributed by atoms with Crippen molar-refractivity contribution in [2.75, 3.05) is 46.0 Å². The zero-order valence-corrected chi connectivity index (χ0v) is 22.0. The lowest BCUT2D eigenvalue weighted by molar-refractivity contribution is -0.140. The fraction of sp³-hybridized carbons (Fsp3) is 0.300. The van der Waals surface area contributed by atoms with Crippen LogP contribution in [-0.4, -0.2) is 82.4 Å². The van der Waals surface area contributed by atoms with Crippen LogP contribution in [0.25, 0.3) is 11.4 Å². The van der Waals surface area contributed by atoms with Crippen LogP contribution in [-0.2, 0) is 14.3 Å². The van der Waals surface area contributed by atoms with Crippen LogP contribution in [0, 0.1) is 6.92 Å². The maximum atomic E-state index is 13.5. The zero-order valence-electron chi connectivity index (χ0n) is 22.0. The first-order valence-electron chi connectivity index (χ1n) is 13.0. The molecule has 2 aliphatic rings. The van der Waals surface area contributed by atoms with Crippen LogP contribution in [0.2, 0.25) is 0 Å². The van der Waals surface area contributed by atoms with Crippen LogP contribution >= 0.6 is 0 Å². The van der Waals surface area contributed by atoms with Gasteiger partial charge in [-0.1, -0.05) is 43.0 Å². The monoisotopic (exact) mass is 528 g/mol. The Morgan fingerprint density at radius 1 is 1.10 bits per heavy atom. The first-order chi connectivity index (χ1) is 19.0. The minimum atomic E-state index is -0.751. The first-order valence-corrected chi connectivity index (χ1v) is 13.0. The van der Waals surface area contributed by atoms with Crippen molar-refractivity contribution < 1.29 is 24.2 Å². The average molecular weight is 529 g/mol. The molecule has 0 spiro atoms. The number of aliphatic hydroxyl groups excluding tert-OH is 1. The standard InChI is InChI=1S/C30H32N4O5/c1-3-17-39-24-11-9-22(10-12-24)27-26(29(36)30(37)33(27)14-13-32-15-18-38-19-16-32)28(35)25-20-31-34(21(25)2)23-7-5-4-6-8-23/h3-12,20,27,35H,1,13-19H2,2H3. The molecule has 2 aliphatic heterocycles. The van der Waals surface area contributed by atoms with E-state index in [4.69, 9.17) is 9.47 Å². The van der Waals surface area contributed by atoms with Gasteiger partial charge < -0.3 is 19.5 Å². The van der Waals surface area contributed by atoms with Gasteiger partial charge in [-0.05, 0) is 36.8 Å². The number of ether oxygens (including phenoxy) is 2. The normalized spacial score (nSPS) is 19.4. The molecule has 1 atom stereocenters. The third kappa shape index (κ3) is 5.36. The van der Waals surface area contributed by atoms with E-state index in [9.17, 15) is 14.7 Å². The number of aliphatic hydroxyl groups is 1. The van der Waals surface area contributed by atoms with Gasteiger partial charge in [0.25, 0.3) is 11.7 Å². The minimum Gasteiger partial charge on any atom is -0.507 e. The number of carbonyl (C=O) groups is 2. The predicted octanol–water partition coefficient (Wildman–Crippen LogP) is 3.50. The van der Waals surface area contributed by atoms with Gasteiger partial charge in [0.05, 0.1) is 48.0 Å². The molecular weight excluding hydrogens is 496 g/mol. The number of para-hydroxylation sites is 1. The van der Waals surface area contributed by atoms with E-state index in [1.807, 2.05) is 49.4 Å². The number of benzene rings is 2. The van der Waals surface area contributed by atoms with Crippen LogP contribution in [0.4, 0.5) is 0 Å². The molecule has 1 N–H and O–H groups in total. The quantitative estimate of drug-likeness (QED) is 0.197. The number of aromatic nitrogens is 2. The van der Waals surface area contributed by atoms with E-state index >= 15 is 0 Å². The number of hydrogen-bond donors (Lipinski definition) is 1. The molecule has 9 nitrogen and oxygen atoms in total. The van der Waals surface area contributed by atoms with Crippen molar-refractivity contribution in [2.24, 2.45) is 0 Å². The SMILES string of the molecule is C=CCOc1ccc(C2C(=C(O)c3cnn(-c4ccccc4)c3C)C(=O)C(=O)N2CCN2CCOCC2)cc1. The summed E-state index contributed by atoms with van der Waals surface area (Å²) in [6.07, 6.45) is 3.19. The number of nitrogens with zero attached hydrogens (tertiary/aromatic N) is 4. The highest BCUT2D eigenvalue weighted by atomic mass is 16.5. The molecule has 2 saturated heterocycles. The number of likely N-dealkylation sites (tertiary alicyclic amines) is 1. The van der Waals surface area contributed by atoms with Crippen LogP contribution in [0.3, 0.4) is 0 Å². The Hall–Kier alpha value is -4.21. The Labute approximate surface area is 227 Å². The Kier molecular flexibility index (Phi) is 7.90. The van der Waals surface area contributed by atoms with Crippen molar-refractivity contribution in [3.05, 3.63) is 95.8 Å². The summed E-state index contributed by atoms with van der Waals surface area (Å²) in [5.74, 6) is -0.934. The highest BCUT2D eigenvalue weighted by Crippen LogP contribution is 2.40. The molecule has 0 bridgehead atoms. The highest BCUT2D eigenvalue weighted by Gasteiger charge is 2.46. The molecule has 202 valence electrons. The number of amides is 1. The average Bonchev–Trinajstić information content (AvgIpc) is 3.48. The zero-order chi connectivity index (χ0) is 27.4. The van der Waals surface area contributed by atoms with Gasteiger partial charge in [0, 0.05) is 26.2 Å². The molecule has 0 saturated carbocycles. The van der Waals surface area contributed by atoms with Crippen LogP contribution < -0.4 is 4.74 Å². The lowest BCUT2D eigenvalue weighted by atomic mass is 9.95. The van der Waals surface area contributed by atoms with E-state index < -0.39 is 17.7 Å². The van der Waals surface area contributed by atoms with E-state index in [1.165, 1.54) is 6.20 Å². The minimum absolute atomic E-state index is 0.0532. The Bertz CT molecular complexity index is 1370. The molecule has 2 fully saturated rings. The molecule has 2 aromatic carbocycles. The van der Waals surface area contributed by atoms with Gasteiger partial charge in [-0.25, -0.2) is 4.68 Å². The lowest BCUT2D eigenvalue weighted by Gasteiger charge is -2.31. The molecule has 39 heavy (non-hydrogen) atoms. The third-order valence-electron chi connectivity index (χ3n) is 7.13.